The normalized spacial score (nSPS) is 11.5. The van der Waals surface area contributed by atoms with Crippen LogP contribution in [0.2, 0.25) is 0 Å². The van der Waals surface area contributed by atoms with Gasteiger partial charge in [0.15, 0.2) is 11.5 Å². The number of tetrazole rings is 1. The van der Waals surface area contributed by atoms with Crippen molar-refractivity contribution in [3.05, 3.63) is 30.1 Å². The van der Waals surface area contributed by atoms with Crippen LogP contribution in [0.15, 0.2) is 29.4 Å². The molecule has 0 fully saturated rings. The maximum absolute atomic E-state index is 4.54. The summed E-state index contributed by atoms with van der Waals surface area (Å²) in [6, 6.07) is 7.97. The second-order valence-corrected chi connectivity index (χ2v) is 6.01. The molecule has 4 aromatic rings. The number of H-pyrrole nitrogens is 1. The molecule has 23 heavy (non-hydrogen) atoms. The molecule has 0 saturated heterocycles. The summed E-state index contributed by atoms with van der Waals surface area (Å²) in [5.41, 5.74) is 2.55. The number of hydrogen-bond acceptors (Lipinski definition) is 7. The van der Waals surface area contributed by atoms with Gasteiger partial charge in [-0.25, -0.2) is 9.67 Å². The van der Waals surface area contributed by atoms with Crippen molar-refractivity contribution in [3.63, 3.8) is 0 Å². The highest BCUT2D eigenvalue weighted by Crippen LogP contribution is 2.24. The van der Waals surface area contributed by atoms with Crippen LogP contribution in [0.1, 0.15) is 19.2 Å². The summed E-state index contributed by atoms with van der Waals surface area (Å²) in [7, 11) is 0. The maximum atomic E-state index is 4.54. The minimum absolute atomic E-state index is 0.607. The number of rotatable bonds is 5. The Kier molecular flexibility index (Phi) is 3.62. The maximum Gasteiger partial charge on any atom is 0.211 e. The third kappa shape index (κ3) is 2.63. The van der Waals surface area contributed by atoms with Crippen molar-refractivity contribution >= 4 is 33.8 Å². The van der Waals surface area contributed by atoms with Crippen molar-refractivity contribution in [2.45, 2.75) is 30.8 Å². The summed E-state index contributed by atoms with van der Waals surface area (Å²) in [6.07, 6.45) is 0.988. The molecule has 0 atom stereocenters. The minimum atomic E-state index is 0.607. The van der Waals surface area contributed by atoms with Gasteiger partial charge in [0.2, 0.25) is 5.16 Å². The van der Waals surface area contributed by atoms with Gasteiger partial charge >= 0.3 is 0 Å². The van der Waals surface area contributed by atoms with Gasteiger partial charge in [0, 0.05) is 17.4 Å². The zero-order valence-electron chi connectivity index (χ0n) is 12.5. The second kappa shape index (κ2) is 5.92. The Hall–Kier alpha value is -2.55. The van der Waals surface area contributed by atoms with Gasteiger partial charge in [-0.1, -0.05) is 36.9 Å². The second-order valence-electron chi connectivity index (χ2n) is 5.07. The number of aromatic nitrogens is 8. The Labute approximate surface area is 135 Å². The molecule has 0 unspecified atom stereocenters. The number of nitrogens with zero attached hydrogens (tertiary/aromatic N) is 7. The number of para-hydroxylation sites is 1. The highest BCUT2D eigenvalue weighted by Gasteiger charge is 2.11. The van der Waals surface area contributed by atoms with Gasteiger partial charge in [0.05, 0.1) is 5.75 Å². The third-order valence-corrected chi connectivity index (χ3v) is 4.31. The first-order valence-electron chi connectivity index (χ1n) is 7.34. The lowest BCUT2D eigenvalue weighted by molar-refractivity contribution is 0.564. The van der Waals surface area contributed by atoms with Gasteiger partial charge < -0.3 is 4.98 Å². The first kappa shape index (κ1) is 14.1. The van der Waals surface area contributed by atoms with Gasteiger partial charge in [0.1, 0.15) is 5.52 Å². The Balaban J connectivity index is 1.59. The SMILES string of the molecule is CCCn1nnnc1CSc1nnc2c(n1)[nH]c1ccccc12. The number of fused-ring (bicyclic) bond motifs is 3. The van der Waals surface area contributed by atoms with E-state index in [-0.39, 0.29) is 0 Å². The van der Waals surface area contributed by atoms with Crippen LogP contribution >= 0.6 is 11.8 Å². The van der Waals surface area contributed by atoms with Gasteiger partial charge in [0.25, 0.3) is 0 Å². The molecule has 0 aliphatic rings. The van der Waals surface area contributed by atoms with Crippen LogP contribution in [-0.2, 0) is 12.3 Å². The van der Waals surface area contributed by atoms with E-state index in [9.17, 15) is 0 Å². The monoisotopic (exact) mass is 326 g/mol. The molecule has 0 aliphatic carbocycles. The summed E-state index contributed by atoms with van der Waals surface area (Å²) in [5.74, 6) is 1.43. The fraction of sp³-hybridized carbons (Fsp3) is 0.286. The summed E-state index contributed by atoms with van der Waals surface area (Å²) >= 11 is 1.47. The number of aryl methyl sites for hydroxylation is 1. The fourth-order valence-electron chi connectivity index (χ4n) is 2.41. The lowest BCUT2D eigenvalue weighted by Crippen LogP contribution is -2.04. The summed E-state index contributed by atoms with van der Waals surface area (Å²) in [5, 5.41) is 21.9. The molecule has 3 aromatic heterocycles. The smallest absolute Gasteiger partial charge is 0.211 e. The fourth-order valence-corrected chi connectivity index (χ4v) is 3.13. The van der Waals surface area contributed by atoms with E-state index < -0.39 is 0 Å². The highest BCUT2D eigenvalue weighted by molar-refractivity contribution is 7.98. The van der Waals surface area contributed by atoms with E-state index in [2.05, 4.69) is 42.6 Å². The molecular weight excluding hydrogens is 312 g/mol. The average Bonchev–Trinajstić information content (AvgIpc) is 3.16. The van der Waals surface area contributed by atoms with Crippen molar-refractivity contribution in [1.29, 1.82) is 0 Å². The molecule has 0 aliphatic heterocycles. The van der Waals surface area contributed by atoms with Crippen molar-refractivity contribution < 1.29 is 0 Å². The van der Waals surface area contributed by atoms with E-state index in [0.29, 0.717) is 10.9 Å². The van der Waals surface area contributed by atoms with Crippen LogP contribution in [0.3, 0.4) is 0 Å². The molecule has 116 valence electrons. The van der Waals surface area contributed by atoms with E-state index in [1.807, 2.05) is 28.9 Å². The topological polar surface area (TPSA) is 98.1 Å². The highest BCUT2D eigenvalue weighted by atomic mass is 32.2. The average molecular weight is 326 g/mol. The Morgan fingerprint density at radius 2 is 2.09 bits per heavy atom. The lowest BCUT2D eigenvalue weighted by atomic mass is 10.2. The van der Waals surface area contributed by atoms with Gasteiger partial charge in [-0.3, -0.25) is 0 Å². The zero-order chi connectivity index (χ0) is 15.6. The molecule has 8 nitrogen and oxygen atoms in total. The first-order valence-corrected chi connectivity index (χ1v) is 8.32. The van der Waals surface area contributed by atoms with Crippen LogP contribution in [0, 0.1) is 0 Å². The Morgan fingerprint density at radius 3 is 3.00 bits per heavy atom. The van der Waals surface area contributed by atoms with Crippen molar-refractivity contribution in [2.24, 2.45) is 0 Å². The molecule has 9 heteroatoms. The molecule has 0 spiro atoms. The van der Waals surface area contributed by atoms with Gasteiger partial charge in [-0.2, -0.15) is 0 Å². The number of nitrogens with one attached hydrogen (secondary N) is 1. The zero-order valence-corrected chi connectivity index (χ0v) is 13.3. The number of hydrogen-bond donors (Lipinski definition) is 1. The van der Waals surface area contributed by atoms with Gasteiger partial charge in [-0.15, -0.1) is 15.3 Å². The molecule has 0 radical (unpaired) electrons. The summed E-state index contributed by atoms with van der Waals surface area (Å²) in [4.78, 5) is 7.81. The van der Waals surface area contributed by atoms with Crippen LogP contribution in [0.4, 0.5) is 0 Å². The molecule has 0 bridgehead atoms. The third-order valence-electron chi connectivity index (χ3n) is 3.47. The number of aromatic amines is 1. The van der Waals surface area contributed by atoms with E-state index in [1.165, 1.54) is 11.8 Å². The van der Waals surface area contributed by atoms with E-state index in [1.54, 1.807) is 0 Å². The molecular formula is C14H14N8S. The standard InChI is InChI=1S/C14H14N8S/c1-2-7-22-11(17-20-21-22)8-23-14-16-13-12(18-19-14)9-5-3-4-6-10(9)15-13/h3-6H,2,7-8H2,1H3,(H,15,16,19). The molecule has 0 amide bonds. The lowest BCUT2D eigenvalue weighted by Gasteiger charge is -2.01. The number of thioether (sulfide) groups is 1. The molecule has 0 saturated carbocycles. The van der Waals surface area contributed by atoms with Crippen LogP contribution in [0.25, 0.3) is 22.1 Å². The van der Waals surface area contributed by atoms with Crippen molar-refractivity contribution in [1.82, 2.24) is 40.4 Å². The summed E-state index contributed by atoms with van der Waals surface area (Å²) in [6.45, 7) is 2.90. The van der Waals surface area contributed by atoms with Crippen LogP contribution in [0.5, 0.6) is 0 Å². The predicted molar refractivity (Wildman–Crippen MR) is 86.9 cm³/mol. The first-order chi connectivity index (χ1) is 11.3. The minimum Gasteiger partial charge on any atom is -0.338 e. The Bertz CT molecular complexity index is 960. The number of benzene rings is 1. The quantitative estimate of drug-likeness (QED) is 0.561. The van der Waals surface area contributed by atoms with Crippen LogP contribution < -0.4 is 0 Å². The molecule has 3 heterocycles. The molecule has 1 N–H and O–H groups in total. The van der Waals surface area contributed by atoms with Gasteiger partial charge in [-0.05, 0) is 22.9 Å². The predicted octanol–water partition coefficient (Wildman–Crippen LogP) is 2.19. The van der Waals surface area contributed by atoms with E-state index >= 15 is 0 Å². The van der Waals surface area contributed by atoms with E-state index in [0.717, 1.165) is 40.9 Å². The van der Waals surface area contributed by atoms with Crippen molar-refractivity contribution in [2.75, 3.05) is 0 Å². The molecule has 4 rings (SSSR count). The largest absolute Gasteiger partial charge is 0.338 e. The Morgan fingerprint density at radius 1 is 1.17 bits per heavy atom. The van der Waals surface area contributed by atoms with Crippen molar-refractivity contribution in [3.8, 4) is 0 Å². The molecule has 1 aromatic carbocycles. The van der Waals surface area contributed by atoms with E-state index in [4.69, 9.17) is 0 Å². The summed E-state index contributed by atoms with van der Waals surface area (Å²) < 4.78 is 1.81. The van der Waals surface area contributed by atoms with Crippen LogP contribution in [-0.4, -0.2) is 40.4 Å².